The van der Waals surface area contributed by atoms with Crippen molar-refractivity contribution in [3.63, 3.8) is 0 Å². The second-order valence-corrected chi connectivity index (χ2v) is 8.50. The first kappa shape index (κ1) is 20.7. The molecule has 0 aliphatic carbocycles. The Morgan fingerprint density at radius 1 is 0.900 bits per heavy atom. The zero-order valence-corrected chi connectivity index (χ0v) is 17.6. The normalized spacial score (nSPS) is 11.9. The second-order valence-electron chi connectivity index (χ2n) is 6.54. The summed E-state index contributed by atoms with van der Waals surface area (Å²) in [6.45, 7) is 0. The van der Waals surface area contributed by atoms with E-state index in [0.717, 1.165) is 17.0 Å². The number of alkyl halides is 3. The topological polar surface area (TPSA) is 43.6 Å². The lowest BCUT2D eigenvalue weighted by molar-refractivity contribution is -0.141. The van der Waals surface area contributed by atoms with Crippen molar-refractivity contribution in [1.82, 2.24) is 19.7 Å². The molecule has 0 spiro atoms. The minimum Gasteiger partial charge on any atom is -0.308 e. The Kier molecular flexibility index (Phi) is 6.01. The number of thioether (sulfide) groups is 2. The minimum absolute atomic E-state index is 0.326. The molecule has 0 unspecified atom stereocenters. The van der Waals surface area contributed by atoms with Crippen molar-refractivity contribution in [1.29, 1.82) is 0 Å². The van der Waals surface area contributed by atoms with Crippen LogP contribution < -0.4 is 0 Å². The molecule has 0 radical (unpaired) electrons. The number of hydrogen-bond acceptors (Lipinski definition) is 5. The minimum atomic E-state index is -4.49. The van der Waals surface area contributed by atoms with Gasteiger partial charge in [0.05, 0.1) is 11.3 Å². The van der Waals surface area contributed by atoms with Gasteiger partial charge in [0, 0.05) is 23.1 Å². The standard InChI is InChI=1S/C21H17F3N4S2/c1-28-19(26-27-20(28)30-12-14-7-3-2-4-8-14)13-29-17-11-18(21(22,23)24)25-16-10-6-5-9-15(16)17/h2-11H,12-13H2,1H3. The number of rotatable bonds is 6. The Hall–Kier alpha value is -2.52. The van der Waals surface area contributed by atoms with Crippen LogP contribution in [0.2, 0.25) is 0 Å². The highest BCUT2D eigenvalue weighted by atomic mass is 32.2. The number of pyridine rings is 1. The molecule has 0 aliphatic rings. The summed E-state index contributed by atoms with van der Waals surface area (Å²) in [5.41, 5.74) is 0.622. The van der Waals surface area contributed by atoms with Gasteiger partial charge in [-0.3, -0.25) is 0 Å². The van der Waals surface area contributed by atoms with Crippen molar-refractivity contribution in [2.45, 2.75) is 27.7 Å². The van der Waals surface area contributed by atoms with Crippen LogP contribution in [0, 0.1) is 0 Å². The lowest BCUT2D eigenvalue weighted by Gasteiger charge is -2.11. The van der Waals surface area contributed by atoms with E-state index in [-0.39, 0.29) is 0 Å². The van der Waals surface area contributed by atoms with Crippen LogP contribution in [0.25, 0.3) is 10.9 Å². The van der Waals surface area contributed by atoms with Gasteiger partial charge in [0.15, 0.2) is 5.16 Å². The maximum absolute atomic E-state index is 13.3. The number of nitrogens with zero attached hydrogens (tertiary/aromatic N) is 4. The smallest absolute Gasteiger partial charge is 0.308 e. The molecule has 0 N–H and O–H groups in total. The largest absolute Gasteiger partial charge is 0.433 e. The lowest BCUT2D eigenvalue weighted by atomic mass is 10.2. The SMILES string of the molecule is Cn1c(CSc2cc(C(F)(F)F)nc3ccccc23)nnc1SCc1ccccc1. The highest BCUT2D eigenvalue weighted by Crippen LogP contribution is 2.36. The summed E-state index contributed by atoms with van der Waals surface area (Å²) in [7, 11) is 1.87. The van der Waals surface area contributed by atoms with Crippen molar-refractivity contribution in [3.8, 4) is 0 Å². The number of para-hydroxylation sites is 1. The van der Waals surface area contributed by atoms with E-state index in [2.05, 4.69) is 15.2 Å². The van der Waals surface area contributed by atoms with Crippen LogP contribution in [0.4, 0.5) is 13.2 Å². The summed E-state index contributed by atoms with van der Waals surface area (Å²) in [5, 5.41) is 9.92. The first-order valence-corrected chi connectivity index (χ1v) is 11.0. The monoisotopic (exact) mass is 446 g/mol. The molecule has 0 saturated heterocycles. The summed E-state index contributed by atoms with van der Waals surface area (Å²) >= 11 is 2.88. The van der Waals surface area contributed by atoms with Crippen LogP contribution in [0.15, 0.2) is 70.7 Å². The molecule has 0 amide bonds. The van der Waals surface area contributed by atoms with Crippen LogP contribution in [-0.4, -0.2) is 19.7 Å². The molecule has 4 rings (SSSR count). The number of aromatic nitrogens is 4. The van der Waals surface area contributed by atoms with Gasteiger partial charge in [-0.2, -0.15) is 13.2 Å². The predicted molar refractivity (Wildman–Crippen MR) is 113 cm³/mol. The molecule has 4 aromatic rings. The first-order valence-electron chi connectivity index (χ1n) is 9.06. The van der Waals surface area contributed by atoms with Gasteiger partial charge in [-0.25, -0.2) is 4.98 Å². The maximum Gasteiger partial charge on any atom is 0.433 e. The van der Waals surface area contributed by atoms with Gasteiger partial charge in [0.25, 0.3) is 0 Å². The number of halogens is 3. The fraction of sp³-hybridized carbons (Fsp3) is 0.190. The van der Waals surface area contributed by atoms with E-state index in [0.29, 0.717) is 27.4 Å². The Labute approximate surface area is 179 Å². The third-order valence-corrected chi connectivity index (χ3v) is 6.60. The van der Waals surface area contributed by atoms with E-state index < -0.39 is 11.9 Å². The summed E-state index contributed by atoms with van der Waals surface area (Å²) in [5.74, 6) is 1.87. The van der Waals surface area contributed by atoms with Crippen molar-refractivity contribution in [2.24, 2.45) is 7.05 Å². The molecule has 4 nitrogen and oxygen atoms in total. The molecule has 154 valence electrons. The van der Waals surface area contributed by atoms with Crippen molar-refractivity contribution < 1.29 is 13.2 Å². The average Bonchev–Trinajstić information content (AvgIpc) is 3.10. The molecule has 2 heterocycles. The van der Waals surface area contributed by atoms with Crippen LogP contribution in [-0.2, 0) is 24.7 Å². The second kappa shape index (κ2) is 8.69. The summed E-state index contributed by atoms with van der Waals surface area (Å²) in [6, 6.07) is 18.0. The van der Waals surface area contributed by atoms with E-state index in [1.807, 2.05) is 41.9 Å². The van der Waals surface area contributed by atoms with Crippen LogP contribution in [0.1, 0.15) is 17.1 Å². The zero-order valence-electron chi connectivity index (χ0n) is 15.9. The molecule has 2 aromatic heterocycles. The summed E-state index contributed by atoms with van der Waals surface area (Å²) in [4.78, 5) is 4.28. The van der Waals surface area contributed by atoms with E-state index in [1.165, 1.54) is 17.3 Å². The maximum atomic E-state index is 13.3. The van der Waals surface area contributed by atoms with Gasteiger partial charge in [-0.1, -0.05) is 60.3 Å². The molecular weight excluding hydrogens is 429 g/mol. The van der Waals surface area contributed by atoms with Gasteiger partial charge in [0.2, 0.25) is 0 Å². The Bertz CT molecular complexity index is 1160. The third-order valence-electron chi connectivity index (χ3n) is 4.46. The van der Waals surface area contributed by atoms with Crippen LogP contribution in [0.3, 0.4) is 0 Å². The number of hydrogen-bond donors (Lipinski definition) is 0. The van der Waals surface area contributed by atoms with E-state index in [1.54, 1.807) is 36.0 Å². The highest BCUT2D eigenvalue weighted by molar-refractivity contribution is 7.99. The predicted octanol–water partition coefficient (Wildman–Crippen LogP) is 5.97. The Balaban J connectivity index is 1.52. The van der Waals surface area contributed by atoms with E-state index in [4.69, 9.17) is 0 Å². The summed E-state index contributed by atoms with van der Waals surface area (Å²) < 4.78 is 41.6. The zero-order chi connectivity index (χ0) is 21.1. The first-order chi connectivity index (χ1) is 14.4. The molecule has 30 heavy (non-hydrogen) atoms. The fourth-order valence-corrected chi connectivity index (χ4v) is 4.81. The average molecular weight is 447 g/mol. The number of fused-ring (bicyclic) bond motifs is 1. The summed E-state index contributed by atoms with van der Waals surface area (Å²) in [6.07, 6.45) is -4.49. The molecule has 0 saturated carbocycles. The van der Waals surface area contributed by atoms with E-state index >= 15 is 0 Å². The van der Waals surface area contributed by atoms with Crippen LogP contribution >= 0.6 is 23.5 Å². The van der Waals surface area contributed by atoms with Gasteiger partial charge in [-0.15, -0.1) is 22.0 Å². The van der Waals surface area contributed by atoms with Gasteiger partial charge in [0.1, 0.15) is 11.5 Å². The third kappa shape index (κ3) is 4.62. The molecule has 0 fully saturated rings. The molecule has 0 bridgehead atoms. The lowest BCUT2D eigenvalue weighted by Crippen LogP contribution is -2.08. The van der Waals surface area contributed by atoms with Crippen molar-refractivity contribution >= 4 is 34.4 Å². The highest BCUT2D eigenvalue weighted by Gasteiger charge is 2.33. The van der Waals surface area contributed by atoms with E-state index in [9.17, 15) is 13.2 Å². The van der Waals surface area contributed by atoms with Gasteiger partial charge in [-0.05, 0) is 17.7 Å². The molecule has 0 aliphatic heterocycles. The Morgan fingerprint density at radius 2 is 1.63 bits per heavy atom. The molecule has 9 heteroatoms. The molecule has 0 atom stereocenters. The molecular formula is C21H17F3N4S2. The van der Waals surface area contributed by atoms with Crippen molar-refractivity contribution in [3.05, 3.63) is 77.7 Å². The fourth-order valence-electron chi connectivity index (χ4n) is 2.87. The number of benzene rings is 2. The quantitative estimate of drug-likeness (QED) is 0.342. The van der Waals surface area contributed by atoms with Gasteiger partial charge >= 0.3 is 6.18 Å². The molecule has 2 aromatic carbocycles. The Morgan fingerprint density at radius 3 is 2.40 bits per heavy atom. The van der Waals surface area contributed by atoms with Crippen molar-refractivity contribution in [2.75, 3.05) is 0 Å². The van der Waals surface area contributed by atoms with Gasteiger partial charge < -0.3 is 4.57 Å². The van der Waals surface area contributed by atoms with Crippen LogP contribution in [0.5, 0.6) is 0 Å².